The monoisotopic (exact) mass is 597 g/mol. The second kappa shape index (κ2) is 11.0. The van der Waals surface area contributed by atoms with Crippen molar-refractivity contribution in [1.82, 2.24) is 39.8 Å². The van der Waals surface area contributed by atoms with Gasteiger partial charge in [0.05, 0.1) is 12.5 Å². The van der Waals surface area contributed by atoms with E-state index in [0.717, 1.165) is 17.7 Å². The van der Waals surface area contributed by atoms with Crippen molar-refractivity contribution in [2.45, 2.75) is 31.1 Å². The lowest BCUT2D eigenvalue weighted by Crippen LogP contribution is -2.41. The number of carbonyl (C=O) groups excluding carboxylic acids is 1. The van der Waals surface area contributed by atoms with Gasteiger partial charge in [-0.2, -0.15) is 14.6 Å². The van der Waals surface area contributed by atoms with E-state index in [-0.39, 0.29) is 34.2 Å². The van der Waals surface area contributed by atoms with Gasteiger partial charge in [-0.25, -0.2) is 13.8 Å². The number of hydrogen-bond donors (Lipinski definition) is 4. The maximum atomic E-state index is 13.8. The molecular weight excluding hydrogens is 576 g/mol. The third kappa shape index (κ3) is 5.02. The SMILES string of the molecule is CNC(=O)[C@H]1O[C@@H](n2cnc3c(NCc4cccc(Cl)c4)nc(-n4cc(-c5ccc(F)c(F)c5)nn4)nc32)[C@H](O)[C@@H]1O. The van der Waals surface area contributed by atoms with Crippen LogP contribution in [0.5, 0.6) is 0 Å². The Hall–Kier alpha value is -4.57. The maximum Gasteiger partial charge on any atom is 0.256 e. The van der Waals surface area contributed by atoms with Gasteiger partial charge in [-0.1, -0.05) is 28.9 Å². The number of fused-ring (bicyclic) bond motifs is 1. The maximum absolute atomic E-state index is 13.8. The minimum atomic E-state index is -1.51. The number of aliphatic hydroxyl groups is 2. The molecule has 0 bridgehead atoms. The van der Waals surface area contributed by atoms with Crippen LogP contribution in [0, 0.1) is 11.6 Å². The number of aromatic nitrogens is 7. The van der Waals surface area contributed by atoms with Gasteiger partial charge in [0.1, 0.15) is 17.9 Å². The quantitative estimate of drug-likeness (QED) is 0.218. The molecule has 4 heterocycles. The lowest BCUT2D eigenvalue weighted by atomic mass is 10.1. The number of anilines is 1. The van der Waals surface area contributed by atoms with Crippen LogP contribution in [0.3, 0.4) is 0 Å². The molecule has 16 heteroatoms. The van der Waals surface area contributed by atoms with Crippen molar-refractivity contribution in [3.05, 3.63) is 77.2 Å². The summed E-state index contributed by atoms with van der Waals surface area (Å²) in [6.45, 7) is 0.302. The van der Waals surface area contributed by atoms with Gasteiger partial charge in [-0.15, -0.1) is 5.10 Å². The summed E-state index contributed by atoms with van der Waals surface area (Å²) in [4.78, 5) is 25.7. The van der Waals surface area contributed by atoms with E-state index >= 15 is 0 Å². The van der Waals surface area contributed by atoms with Crippen LogP contribution in [0.15, 0.2) is 55.0 Å². The van der Waals surface area contributed by atoms with Crippen molar-refractivity contribution in [2.24, 2.45) is 0 Å². The predicted molar refractivity (Wildman–Crippen MR) is 144 cm³/mol. The molecule has 0 aliphatic carbocycles. The van der Waals surface area contributed by atoms with Crippen molar-refractivity contribution in [3.63, 3.8) is 0 Å². The number of aliphatic hydroxyl groups excluding tert-OH is 2. The van der Waals surface area contributed by atoms with Crippen molar-refractivity contribution < 1.29 is 28.5 Å². The molecule has 1 amide bonds. The van der Waals surface area contributed by atoms with E-state index in [1.807, 2.05) is 6.07 Å². The Bertz CT molecular complexity index is 1800. The number of ether oxygens (including phenoxy) is 1. The Morgan fingerprint density at radius 2 is 1.95 bits per heavy atom. The second-order valence-electron chi connectivity index (χ2n) is 9.40. The molecule has 6 rings (SSSR count). The first-order chi connectivity index (χ1) is 20.2. The fourth-order valence-corrected chi connectivity index (χ4v) is 4.76. The van der Waals surface area contributed by atoms with Crippen LogP contribution in [0.4, 0.5) is 14.6 Å². The topological polar surface area (TPSA) is 165 Å². The van der Waals surface area contributed by atoms with Crippen LogP contribution in [0.25, 0.3) is 28.4 Å². The summed E-state index contributed by atoms with van der Waals surface area (Å²) < 4.78 is 35.6. The highest BCUT2D eigenvalue weighted by molar-refractivity contribution is 6.30. The first-order valence-corrected chi connectivity index (χ1v) is 13.0. The second-order valence-corrected chi connectivity index (χ2v) is 9.84. The molecular formula is C26H22ClF2N9O4. The number of amides is 1. The Morgan fingerprint density at radius 3 is 2.71 bits per heavy atom. The average Bonchev–Trinajstić information content (AvgIpc) is 3.71. The van der Waals surface area contributed by atoms with Gasteiger partial charge in [0.2, 0.25) is 0 Å². The molecule has 4 N–H and O–H groups in total. The van der Waals surface area contributed by atoms with Gasteiger partial charge >= 0.3 is 0 Å². The van der Waals surface area contributed by atoms with E-state index in [0.29, 0.717) is 11.6 Å². The normalized spacial score (nSPS) is 20.2. The van der Waals surface area contributed by atoms with Gasteiger partial charge in [0.15, 0.2) is 40.9 Å². The summed E-state index contributed by atoms with van der Waals surface area (Å²) in [6, 6.07) is 10.5. The molecule has 0 radical (unpaired) electrons. The summed E-state index contributed by atoms with van der Waals surface area (Å²) in [5.74, 6) is -2.36. The summed E-state index contributed by atoms with van der Waals surface area (Å²) in [7, 11) is 1.38. The molecule has 2 aromatic carbocycles. The molecule has 0 spiro atoms. The Labute approximate surface area is 240 Å². The number of nitrogens with zero attached hydrogens (tertiary/aromatic N) is 7. The van der Waals surface area contributed by atoms with Gasteiger partial charge in [-0.05, 0) is 35.9 Å². The van der Waals surface area contributed by atoms with Crippen LogP contribution in [-0.2, 0) is 16.1 Å². The zero-order valence-corrected chi connectivity index (χ0v) is 22.4. The Morgan fingerprint density at radius 1 is 1.12 bits per heavy atom. The molecule has 42 heavy (non-hydrogen) atoms. The van der Waals surface area contributed by atoms with Gasteiger partial charge < -0.3 is 25.6 Å². The minimum Gasteiger partial charge on any atom is -0.387 e. The lowest BCUT2D eigenvalue weighted by molar-refractivity contribution is -0.137. The van der Waals surface area contributed by atoms with E-state index in [1.54, 1.807) is 18.2 Å². The number of halogens is 3. The number of carbonyl (C=O) groups is 1. The van der Waals surface area contributed by atoms with Crippen LogP contribution < -0.4 is 10.6 Å². The van der Waals surface area contributed by atoms with E-state index in [4.69, 9.17) is 16.3 Å². The predicted octanol–water partition coefficient (Wildman–Crippen LogP) is 1.98. The largest absolute Gasteiger partial charge is 0.387 e. The summed E-state index contributed by atoms with van der Waals surface area (Å²) in [5.41, 5.74) is 1.82. The zero-order valence-electron chi connectivity index (χ0n) is 21.7. The third-order valence-electron chi connectivity index (χ3n) is 6.69. The number of nitrogens with one attached hydrogen (secondary N) is 2. The molecule has 5 aromatic rings. The zero-order chi connectivity index (χ0) is 29.5. The van der Waals surface area contributed by atoms with Gasteiger partial charge in [0.25, 0.3) is 11.9 Å². The highest BCUT2D eigenvalue weighted by atomic mass is 35.5. The van der Waals surface area contributed by atoms with Crippen LogP contribution >= 0.6 is 11.6 Å². The number of likely N-dealkylation sites (N-methyl/N-ethyl adjacent to an activating group) is 1. The molecule has 1 saturated heterocycles. The molecule has 1 aliphatic heterocycles. The van der Waals surface area contributed by atoms with Crippen LogP contribution in [0.2, 0.25) is 5.02 Å². The van der Waals surface area contributed by atoms with E-state index < -0.39 is 42.1 Å². The van der Waals surface area contributed by atoms with E-state index in [9.17, 15) is 23.8 Å². The molecule has 4 atom stereocenters. The average molecular weight is 598 g/mol. The Balaban J connectivity index is 1.42. The molecule has 0 saturated carbocycles. The summed E-state index contributed by atoms with van der Waals surface area (Å²) in [5, 5.41) is 35.5. The lowest BCUT2D eigenvalue weighted by Gasteiger charge is -2.17. The van der Waals surface area contributed by atoms with Crippen LogP contribution in [0.1, 0.15) is 11.8 Å². The van der Waals surface area contributed by atoms with Gasteiger partial charge in [-0.3, -0.25) is 9.36 Å². The van der Waals surface area contributed by atoms with E-state index in [1.165, 1.54) is 34.9 Å². The molecule has 216 valence electrons. The first-order valence-electron chi connectivity index (χ1n) is 12.6. The molecule has 3 aromatic heterocycles. The van der Waals surface area contributed by atoms with Crippen molar-refractivity contribution >= 4 is 34.5 Å². The summed E-state index contributed by atoms with van der Waals surface area (Å²) >= 11 is 6.13. The first kappa shape index (κ1) is 27.6. The Kier molecular flexibility index (Phi) is 7.24. The molecule has 1 aliphatic rings. The summed E-state index contributed by atoms with van der Waals surface area (Å²) in [6.07, 6.45) is -2.77. The fourth-order valence-electron chi connectivity index (χ4n) is 4.55. The number of rotatable bonds is 7. The minimum absolute atomic E-state index is 0.00932. The van der Waals surface area contributed by atoms with E-state index in [2.05, 4.69) is 35.9 Å². The van der Waals surface area contributed by atoms with Crippen molar-refractivity contribution in [2.75, 3.05) is 12.4 Å². The highest BCUT2D eigenvalue weighted by Gasteiger charge is 2.47. The molecule has 1 fully saturated rings. The highest BCUT2D eigenvalue weighted by Crippen LogP contribution is 2.33. The van der Waals surface area contributed by atoms with Gasteiger partial charge in [0, 0.05) is 24.2 Å². The third-order valence-corrected chi connectivity index (χ3v) is 6.92. The number of imidazole rings is 1. The molecule has 13 nitrogen and oxygen atoms in total. The van der Waals surface area contributed by atoms with Crippen LogP contribution in [-0.4, -0.2) is 76.0 Å². The molecule has 0 unspecified atom stereocenters. The number of benzene rings is 2. The van der Waals surface area contributed by atoms with Crippen molar-refractivity contribution in [1.29, 1.82) is 0 Å². The fraction of sp³-hybridized carbons (Fsp3) is 0.231. The smallest absolute Gasteiger partial charge is 0.256 e. The standard InChI is InChI=1S/C26H22ClF2N9O4/c1-30-24(41)21-19(39)20(40)25(42-21)37-11-32-18-22(31-9-12-3-2-4-14(27)7-12)33-26(34-23(18)37)38-10-17(35-36-38)13-5-6-15(28)16(29)8-13/h2-8,10-11,19-21,25,39-40H,9H2,1H3,(H,30,41)(H,31,33,34)/t19-,20+,21-,25+/m0/s1. The number of hydrogen-bond acceptors (Lipinski definition) is 10. The van der Waals surface area contributed by atoms with Crippen molar-refractivity contribution in [3.8, 4) is 17.2 Å².